The predicted octanol–water partition coefficient (Wildman–Crippen LogP) is 3.66. The fourth-order valence-electron chi connectivity index (χ4n) is 2.41. The van der Waals surface area contributed by atoms with Crippen LogP contribution >= 0.6 is 0 Å². The molecule has 0 saturated heterocycles. The topological polar surface area (TPSA) is 73.6 Å². The van der Waals surface area contributed by atoms with Crippen LogP contribution in [0.25, 0.3) is 0 Å². The maximum atomic E-state index is 11.9. The van der Waals surface area contributed by atoms with Gasteiger partial charge in [0.25, 0.3) is 0 Å². The van der Waals surface area contributed by atoms with Crippen LogP contribution in [-0.2, 0) is 17.8 Å². The maximum Gasteiger partial charge on any atom is 0.407 e. The van der Waals surface area contributed by atoms with Gasteiger partial charge in [-0.15, -0.1) is 0 Å². The molecule has 26 heavy (non-hydrogen) atoms. The molecule has 1 amide bonds. The molecule has 0 radical (unpaired) electrons. The standard InChI is InChI=1S/C21H28N2O3/c1-21(2,3)26-20(24)23-18(14-22)13-16-9-11-19(12-10-16)25-15-17-7-5-4-6-8-17/h4-12,18H,13-15,22H2,1-3H3,(H,23,24)/t18-/m0/s1. The second-order valence-corrected chi connectivity index (χ2v) is 7.20. The van der Waals surface area contributed by atoms with Crippen molar-refractivity contribution in [2.45, 2.75) is 45.4 Å². The zero-order chi connectivity index (χ0) is 19.0. The van der Waals surface area contributed by atoms with Crippen LogP contribution in [0.1, 0.15) is 31.9 Å². The number of rotatable bonds is 7. The Kier molecular flexibility index (Phi) is 7.04. The number of nitrogens with two attached hydrogens (primary N) is 1. The normalized spacial score (nSPS) is 12.3. The minimum Gasteiger partial charge on any atom is -0.489 e. The summed E-state index contributed by atoms with van der Waals surface area (Å²) in [6, 6.07) is 17.7. The summed E-state index contributed by atoms with van der Waals surface area (Å²) in [4.78, 5) is 11.9. The highest BCUT2D eigenvalue weighted by molar-refractivity contribution is 5.68. The summed E-state index contributed by atoms with van der Waals surface area (Å²) in [6.07, 6.45) is 0.185. The largest absolute Gasteiger partial charge is 0.489 e. The molecule has 0 spiro atoms. The Morgan fingerprint density at radius 3 is 2.27 bits per heavy atom. The zero-order valence-electron chi connectivity index (χ0n) is 15.7. The summed E-state index contributed by atoms with van der Waals surface area (Å²) in [5.74, 6) is 0.807. The molecule has 0 heterocycles. The van der Waals surface area contributed by atoms with Crippen LogP contribution in [0.5, 0.6) is 5.75 Å². The lowest BCUT2D eigenvalue weighted by Gasteiger charge is -2.23. The summed E-state index contributed by atoms with van der Waals surface area (Å²) in [6.45, 7) is 6.37. The fourth-order valence-corrected chi connectivity index (χ4v) is 2.41. The number of carbonyl (C=O) groups is 1. The minimum atomic E-state index is -0.527. The van der Waals surface area contributed by atoms with E-state index in [0.717, 1.165) is 16.9 Å². The van der Waals surface area contributed by atoms with Crippen molar-refractivity contribution < 1.29 is 14.3 Å². The molecule has 1 atom stereocenters. The molecule has 0 aliphatic rings. The molecule has 5 nitrogen and oxygen atoms in total. The quantitative estimate of drug-likeness (QED) is 0.794. The highest BCUT2D eigenvalue weighted by Crippen LogP contribution is 2.15. The first-order valence-corrected chi connectivity index (χ1v) is 8.81. The molecule has 2 rings (SSSR count). The van der Waals surface area contributed by atoms with E-state index in [-0.39, 0.29) is 6.04 Å². The Labute approximate surface area is 155 Å². The van der Waals surface area contributed by atoms with Gasteiger partial charge in [-0.05, 0) is 50.5 Å². The molecule has 0 fully saturated rings. The molecule has 2 aromatic rings. The summed E-state index contributed by atoms with van der Waals surface area (Å²) >= 11 is 0. The highest BCUT2D eigenvalue weighted by Gasteiger charge is 2.19. The van der Waals surface area contributed by atoms with Crippen LogP contribution < -0.4 is 15.8 Å². The third-order valence-electron chi connectivity index (χ3n) is 3.66. The second-order valence-electron chi connectivity index (χ2n) is 7.20. The summed E-state index contributed by atoms with van der Waals surface area (Å²) in [7, 11) is 0. The van der Waals surface area contributed by atoms with E-state index in [1.54, 1.807) is 0 Å². The summed E-state index contributed by atoms with van der Waals surface area (Å²) in [5, 5.41) is 2.82. The van der Waals surface area contributed by atoms with E-state index in [4.69, 9.17) is 15.2 Å². The van der Waals surface area contributed by atoms with Gasteiger partial charge in [0, 0.05) is 12.6 Å². The Morgan fingerprint density at radius 2 is 1.69 bits per heavy atom. The molecule has 3 N–H and O–H groups in total. The first kappa shape index (κ1) is 19.8. The van der Waals surface area contributed by atoms with Gasteiger partial charge in [0.1, 0.15) is 18.0 Å². The number of hydrogen-bond acceptors (Lipinski definition) is 4. The first-order chi connectivity index (χ1) is 12.4. The molecule has 0 aliphatic carbocycles. The Balaban J connectivity index is 1.85. The van der Waals surface area contributed by atoms with E-state index < -0.39 is 11.7 Å². The number of ether oxygens (including phenoxy) is 2. The number of carbonyl (C=O) groups excluding carboxylic acids is 1. The third kappa shape index (κ3) is 7.15. The third-order valence-corrected chi connectivity index (χ3v) is 3.66. The van der Waals surface area contributed by atoms with Gasteiger partial charge in [-0.3, -0.25) is 0 Å². The minimum absolute atomic E-state index is 0.180. The van der Waals surface area contributed by atoms with Crippen molar-refractivity contribution in [1.29, 1.82) is 0 Å². The second kappa shape index (κ2) is 9.25. The lowest BCUT2D eigenvalue weighted by atomic mass is 10.1. The van der Waals surface area contributed by atoms with Gasteiger partial charge < -0.3 is 20.5 Å². The first-order valence-electron chi connectivity index (χ1n) is 8.81. The maximum absolute atomic E-state index is 11.9. The molecule has 0 unspecified atom stereocenters. The van der Waals surface area contributed by atoms with Gasteiger partial charge in [0.15, 0.2) is 0 Å². The molecule has 0 aliphatic heterocycles. The van der Waals surface area contributed by atoms with E-state index >= 15 is 0 Å². The SMILES string of the molecule is CC(C)(C)OC(=O)N[C@H](CN)Cc1ccc(OCc2ccccc2)cc1. The Hall–Kier alpha value is -2.53. The van der Waals surface area contributed by atoms with Gasteiger partial charge in [0.05, 0.1) is 0 Å². The van der Waals surface area contributed by atoms with Crippen molar-refractivity contribution >= 4 is 6.09 Å². The van der Waals surface area contributed by atoms with E-state index in [2.05, 4.69) is 5.32 Å². The van der Waals surface area contributed by atoms with Crippen molar-refractivity contribution in [2.75, 3.05) is 6.54 Å². The zero-order valence-corrected chi connectivity index (χ0v) is 15.7. The number of nitrogens with one attached hydrogen (secondary N) is 1. The lowest BCUT2D eigenvalue weighted by molar-refractivity contribution is 0.0506. The van der Waals surface area contributed by atoms with Crippen molar-refractivity contribution in [1.82, 2.24) is 5.32 Å². The number of alkyl carbamates (subject to hydrolysis) is 1. The molecule has 0 aromatic heterocycles. The van der Waals surface area contributed by atoms with Crippen LogP contribution in [0.15, 0.2) is 54.6 Å². The van der Waals surface area contributed by atoms with Gasteiger partial charge in [-0.1, -0.05) is 42.5 Å². The number of benzene rings is 2. The van der Waals surface area contributed by atoms with Crippen molar-refractivity contribution in [3.8, 4) is 5.75 Å². The molecular formula is C21H28N2O3. The van der Waals surface area contributed by atoms with E-state index in [9.17, 15) is 4.79 Å². The fraction of sp³-hybridized carbons (Fsp3) is 0.381. The average molecular weight is 356 g/mol. The average Bonchev–Trinajstić information content (AvgIpc) is 2.60. The van der Waals surface area contributed by atoms with Gasteiger partial charge >= 0.3 is 6.09 Å². The number of hydrogen-bond donors (Lipinski definition) is 2. The van der Waals surface area contributed by atoms with Crippen LogP contribution in [0, 0.1) is 0 Å². The summed E-state index contributed by atoms with van der Waals surface area (Å²) < 4.78 is 11.1. The molecule has 2 aromatic carbocycles. The van der Waals surface area contributed by atoms with E-state index in [0.29, 0.717) is 19.6 Å². The van der Waals surface area contributed by atoms with Crippen LogP contribution in [-0.4, -0.2) is 24.3 Å². The molecule has 5 heteroatoms. The van der Waals surface area contributed by atoms with E-state index in [1.165, 1.54) is 0 Å². The molecule has 0 saturated carbocycles. The summed E-state index contributed by atoms with van der Waals surface area (Å²) in [5.41, 5.74) is 7.45. The van der Waals surface area contributed by atoms with Crippen LogP contribution in [0.2, 0.25) is 0 Å². The van der Waals surface area contributed by atoms with Gasteiger partial charge in [0.2, 0.25) is 0 Å². The van der Waals surface area contributed by atoms with Crippen molar-refractivity contribution in [3.05, 3.63) is 65.7 Å². The number of amides is 1. The van der Waals surface area contributed by atoms with Gasteiger partial charge in [-0.25, -0.2) is 4.79 Å². The predicted molar refractivity (Wildman–Crippen MR) is 103 cm³/mol. The Bertz CT molecular complexity index is 679. The van der Waals surface area contributed by atoms with Crippen molar-refractivity contribution in [3.63, 3.8) is 0 Å². The molecular weight excluding hydrogens is 328 g/mol. The monoisotopic (exact) mass is 356 g/mol. The van der Waals surface area contributed by atoms with E-state index in [1.807, 2.05) is 75.4 Å². The lowest BCUT2D eigenvalue weighted by Crippen LogP contribution is -2.44. The molecule has 140 valence electrons. The van der Waals surface area contributed by atoms with Crippen LogP contribution in [0.4, 0.5) is 4.79 Å². The Morgan fingerprint density at radius 1 is 1.04 bits per heavy atom. The smallest absolute Gasteiger partial charge is 0.407 e. The van der Waals surface area contributed by atoms with Crippen LogP contribution in [0.3, 0.4) is 0 Å². The molecule has 0 bridgehead atoms. The van der Waals surface area contributed by atoms with Crippen molar-refractivity contribution in [2.24, 2.45) is 5.73 Å². The van der Waals surface area contributed by atoms with Gasteiger partial charge in [-0.2, -0.15) is 0 Å². The highest BCUT2D eigenvalue weighted by atomic mass is 16.6.